The molecular weight excluding hydrogens is 236 g/mol. The molecule has 2 saturated carbocycles. The third-order valence-corrected chi connectivity index (χ3v) is 5.03. The Labute approximate surface area is 115 Å². The van der Waals surface area contributed by atoms with Gasteiger partial charge in [0, 0.05) is 18.2 Å². The van der Waals surface area contributed by atoms with Gasteiger partial charge in [-0.05, 0) is 43.9 Å². The lowest BCUT2D eigenvalue weighted by Crippen LogP contribution is -2.40. The van der Waals surface area contributed by atoms with Gasteiger partial charge < -0.3 is 5.32 Å². The Bertz CT molecular complexity index is 468. The van der Waals surface area contributed by atoms with Gasteiger partial charge in [-0.15, -0.1) is 0 Å². The average molecular weight is 259 g/mol. The first-order valence-corrected chi connectivity index (χ1v) is 7.39. The third kappa shape index (κ3) is 2.51. The standard InChI is InChI=1S/C16H22N2O/c1-11(15-10-12-3-4-14(15)9-12)17-16(19)13-5-7-18(2)8-6-13/h5-8,11-12,14-15H,3-4,9-10H2,1-2H3/p+1/t11-,12-,14-,15+/m0/s1. The largest absolute Gasteiger partial charge is 0.349 e. The Hall–Kier alpha value is -1.38. The van der Waals surface area contributed by atoms with E-state index in [0.29, 0.717) is 12.0 Å². The lowest BCUT2D eigenvalue weighted by Gasteiger charge is -2.28. The fraction of sp³-hybridized carbons (Fsp3) is 0.625. The molecule has 19 heavy (non-hydrogen) atoms. The summed E-state index contributed by atoms with van der Waals surface area (Å²) in [6.45, 7) is 2.17. The summed E-state index contributed by atoms with van der Waals surface area (Å²) in [5.74, 6) is 2.55. The zero-order valence-corrected chi connectivity index (χ0v) is 11.8. The average Bonchev–Trinajstić information content (AvgIpc) is 3.01. The monoisotopic (exact) mass is 259 g/mol. The molecule has 2 aliphatic carbocycles. The molecule has 2 aliphatic rings. The number of nitrogens with one attached hydrogen (secondary N) is 1. The predicted molar refractivity (Wildman–Crippen MR) is 73.5 cm³/mol. The van der Waals surface area contributed by atoms with Gasteiger partial charge in [-0.2, -0.15) is 0 Å². The highest BCUT2D eigenvalue weighted by Gasteiger charge is 2.42. The van der Waals surface area contributed by atoms with E-state index in [4.69, 9.17) is 0 Å². The van der Waals surface area contributed by atoms with Crippen LogP contribution in [0.25, 0.3) is 0 Å². The van der Waals surface area contributed by atoms with Crippen LogP contribution in [0.3, 0.4) is 0 Å². The van der Waals surface area contributed by atoms with E-state index in [2.05, 4.69) is 12.2 Å². The number of rotatable bonds is 3. The maximum Gasteiger partial charge on any atom is 0.251 e. The molecule has 0 aromatic carbocycles. The minimum Gasteiger partial charge on any atom is -0.349 e. The maximum atomic E-state index is 12.2. The number of pyridine rings is 1. The predicted octanol–water partition coefficient (Wildman–Crippen LogP) is 2.07. The lowest BCUT2D eigenvalue weighted by atomic mass is 9.84. The lowest BCUT2D eigenvalue weighted by molar-refractivity contribution is -0.671. The molecule has 0 saturated heterocycles. The molecule has 3 heteroatoms. The highest BCUT2D eigenvalue weighted by molar-refractivity contribution is 5.94. The SMILES string of the molecule is C[C@H](NC(=O)c1cc[n+](C)cc1)[C@H]1C[C@H]2CC[C@H]1C2. The van der Waals surface area contributed by atoms with E-state index in [0.717, 1.165) is 17.4 Å². The number of carbonyl (C=O) groups is 1. The normalized spacial score (nSPS) is 30.3. The summed E-state index contributed by atoms with van der Waals surface area (Å²) in [5, 5.41) is 3.19. The van der Waals surface area contributed by atoms with Crippen LogP contribution in [0.4, 0.5) is 0 Å². The number of hydrogen-bond donors (Lipinski definition) is 1. The molecular formula is C16H23N2O+. The van der Waals surface area contributed by atoms with Crippen LogP contribution in [0.5, 0.6) is 0 Å². The minimum atomic E-state index is 0.0656. The second kappa shape index (κ2) is 4.95. The van der Waals surface area contributed by atoms with Crippen molar-refractivity contribution in [3.8, 4) is 0 Å². The van der Waals surface area contributed by atoms with Crippen molar-refractivity contribution in [1.82, 2.24) is 5.32 Å². The summed E-state index contributed by atoms with van der Waals surface area (Å²) in [6, 6.07) is 4.06. The van der Waals surface area contributed by atoms with Gasteiger partial charge in [0.2, 0.25) is 0 Å². The second-order valence-corrected chi connectivity index (χ2v) is 6.35. The summed E-state index contributed by atoms with van der Waals surface area (Å²) in [7, 11) is 1.96. The summed E-state index contributed by atoms with van der Waals surface area (Å²) in [6.07, 6.45) is 9.32. The molecule has 0 unspecified atom stereocenters. The van der Waals surface area contributed by atoms with Crippen molar-refractivity contribution in [2.24, 2.45) is 24.8 Å². The zero-order chi connectivity index (χ0) is 13.4. The van der Waals surface area contributed by atoms with Gasteiger partial charge in [0.15, 0.2) is 12.4 Å². The molecule has 3 rings (SSSR count). The van der Waals surface area contributed by atoms with Crippen LogP contribution in [0.1, 0.15) is 43.0 Å². The number of aromatic nitrogens is 1. The Morgan fingerprint density at radius 1 is 1.32 bits per heavy atom. The summed E-state index contributed by atoms with van der Waals surface area (Å²) in [5.41, 5.74) is 0.758. The zero-order valence-electron chi connectivity index (χ0n) is 11.8. The highest BCUT2D eigenvalue weighted by Crippen LogP contribution is 2.49. The minimum absolute atomic E-state index is 0.0656. The van der Waals surface area contributed by atoms with Gasteiger partial charge in [0.25, 0.3) is 5.91 Å². The number of aryl methyl sites for hydroxylation is 1. The number of fused-ring (bicyclic) bond motifs is 2. The van der Waals surface area contributed by atoms with E-state index in [-0.39, 0.29) is 5.91 Å². The molecule has 0 aliphatic heterocycles. The quantitative estimate of drug-likeness (QED) is 0.828. The van der Waals surface area contributed by atoms with E-state index in [1.807, 2.05) is 36.1 Å². The van der Waals surface area contributed by atoms with Crippen LogP contribution < -0.4 is 9.88 Å². The van der Waals surface area contributed by atoms with E-state index < -0.39 is 0 Å². The van der Waals surface area contributed by atoms with Crippen LogP contribution in [-0.2, 0) is 7.05 Å². The first-order chi connectivity index (χ1) is 9.13. The molecule has 1 aromatic heterocycles. The number of amides is 1. The Morgan fingerprint density at radius 2 is 2.05 bits per heavy atom. The van der Waals surface area contributed by atoms with Gasteiger partial charge in [-0.25, -0.2) is 4.57 Å². The first kappa shape index (κ1) is 12.6. The van der Waals surface area contributed by atoms with Crippen LogP contribution in [0, 0.1) is 17.8 Å². The molecule has 1 amide bonds. The number of carbonyl (C=O) groups excluding carboxylic acids is 1. The van der Waals surface area contributed by atoms with Crippen LogP contribution >= 0.6 is 0 Å². The van der Waals surface area contributed by atoms with Crippen LogP contribution in [-0.4, -0.2) is 11.9 Å². The maximum absolute atomic E-state index is 12.2. The molecule has 3 nitrogen and oxygen atoms in total. The van der Waals surface area contributed by atoms with E-state index >= 15 is 0 Å². The van der Waals surface area contributed by atoms with Crippen LogP contribution in [0.2, 0.25) is 0 Å². The van der Waals surface area contributed by atoms with Gasteiger partial charge in [-0.3, -0.25) is 4.79 Å². The van der Waals surface area contributed by atoms with Gasteiger partial charge in [0.05, 0.1) is 5.56 Å². The fourth-order valence-electron chi connectivity index (χ4n) is 3.96. The van der Waals surface area contributed by atoms with E-state index in [1.54, 1.807) is 0 Å². The molecule has 1 heterocycles. The van der Waals surface area contributed by atoms with E-state index in [9.17, 15) is 4.79 Å². The van der Waals surface area contributed by atoms with Crippen molar-refractivity contribution < 1.29 is 9.36 Å². The molecule has 1 aromatic rings. The van der Waals surface area contributed by atoms with Gasteiger partial charge in [-0.1, -0.05) is 6.42 Å². The van der Waals surface area contributed by atoms with Gasteiger partial charge >= 0.3 is 0 Å². The number of hydrogen-bond acceptors (Lipinski definition) is 1. The Morgan fingerprint density at radius 3 is 2.63 bits per heavy atom. The molecule has 2 bridgehead atoms. The van der Waals surface area contributed by atoms with Crippen molar-refractivity contribution in [3.05, 3.63) is 30.1 Å². The molecule has 1 N–H and O–H groups in total. The van der Waals surface area contributed by atoms with Gasteiger partial charge in [0.1, 0.15) is 7.05 Å². The summed E-state index contributed by atoms with van der Waals surface area (Å²) >= 11 is 0. The fourth-order valence-corrected chi connectivity index (χ4v) is 3.96. The van der Waals surface area contributed by atoms with Crippen molar-refractivity contribution in [1.29, 1.82) is 0 Å². The Kier molecular flexibility index (Phi) is 3.29. The smallest absolute Gasteiger partial charge is 0.251 e. The molecule has 4 atom stereocenters. The van der Waals surface area contributed by atoms with Crippen molar-refractivity contribution >= 4 is 5.91 Å². The van der Waals surface area contributed by atoms with Crippen LogP contribution in [0.15, 0.2) is 24.5 Å². The molecule has 0 radical (unpaired) electrons. The van der Waals surface area contributed by atoms with Crippen molar-refractivity contribution in [2.75, 3.05) is 0 Å². The second-order valence-electron chi connectivity index (χ2n) is 6.35. The summed E-state index contributed by atoms with van der Waals surface area (Å²) < 4.78 is 1.94. The molecule has 0 spiro atoms. The topological polar surface area (TPSA) is 33.0 Å². The Balaban J connectivity index is 1.61. The number of nitrogens with zero attached hydrogens (tertiary/aromatic N) is 1. The van der Waals surface area contributed by atoms with Crippen molar-refractivity contribution in [3.63, 3.8) is 0 Å². The highest BCUT2D eigenvalue weighted by atomic mass is 16.1. The third-order valence-electron chi connectivity index (χ3n) is 5.03. The summed E-state index contributed by atoms with van der Waals surface area (Å²) in [4.78, 5) is 12.2. The first-order valence-electron chi connectivity index (χ1n) is 7.39. The van der Waals surface area contributed by atoms with E-state index in [1.165, 1.54) is 25.7 Å². The molecule has 102 valence electrons. The van der Waals surface area contributed by atoms with Crippen molar-refractivity contribution in [2.45, 2.75) is 38.6 Å². The molecule has 2 fully saturated rings.